The summed E-state index contributed by atoms with van der Waals surface area (Å²) in [5.41, 5.74) is 1.37. The lowest BCUT2D eigenvalue weighted by Gasteiger charge is -2.22. The summed E-state index contributed by atoms with van der Waals surface area (Å²) in [6.45, 7) is 3.86. The zero-order valence-electron chi connectivity index (χ0n) is 12.0. The summed E-state index contributed by atoms with van der Waals surface area (Å²) in [5, 5.41) is 6.14. The van der Waals surface area contributed by atoms with Crippen LogP contribution in [0.5, 0.6) is 0 Å². The Morgan fingerprint density at radius 1 is 1.35 bits per heavy atom. The number of nitrogens with one attached hydrogen (secondary N) is 2. The van der Waals surface area contributed by atoms with E-state index in [-0.39, 0.29) is 11.7 Å². The van der Waals surface area contributed by atoms with Gasteiger partial charge in [-0.15, -0.1) is 0 Å². The highest BCUT2D eigenvalue weighted by atomic mass is 16.2. The van der Waals surface area contributed by atoms with Gasteiger partial charge in [-0.25, -0.2) is 0 Å². The summed E-state index contributed by atoms with van der Waals surface area (Å²) in [7, 11) is 1.97. The van der Waals surface area contributed by atoms with E-state index >= 15 is 0 Å². The smallest absolute Gasteiger partial charge is 0.238 e. The number of rotatable bonds is 5. The van der Waals surface area contributed by atoms with Crippen LogP contribution in [0, 0.1) is 0 Å². The SMILES string of the molecule is CC(=O)c1ccc(NC(=O)CN(C)C2CCNC2)cc1. The molecular weight excluding hydrogens is 254 g/mol. The Labute approximate surface area is 119 Å². The molecular formula is C15H21N3O2. The van der Waals surface area contributed by atoms with Gasteiger partial charge >= 0.3 is 0 Å². The van der Waals surface area contributed by atoms with Crippen LogP contribution < -0.4 is 10.6 Å². The molecule has 1 atom stereocenters. The van der Waals surface area contributed by atoms with Gasteiger partial charge in [0.05, 0.1) is 6.54 Å². The maximum atomic E-state index is 12.0. The number of Topliss-reactive ketones (excluding diaryl/α,β-unsaturated/α-hetero) is 1. The number of hydrogen-bond acceptors (Lipinski definition) is 4. The van der Waals surface area contributed by atoms with E-state index in [2.05, 4.69) is 15.5 Å². The summed E-state index contributed by atoms with van der Waals surface area (Å²) in [5.74, 6) is -0.00804. The van der Waals surface area contributed by atoms with Gasteiger partial charge in [0.1, 0.15) is 0 Å². The third-order valence-corrected chi connectivity index (χ3v) is 3.63. The lowest BCUT2D eigenvalue weighted by Crippen LogP contribution is -2.39. The standard InChI is InChI=1S/C15H21N3O2/c1-11(19)12-3-5-13(6-4-12)17-15(20)10-18(2)14-7-8-16-9-14/h3-6,14,16H,7-10H2,1-2H3,(H,17,20). The molecule has 1 unspecified atom stereocenters. The minimum absolute atomic E-state index is 0.0244. The van der Waals surface area contributed by atoms with E-state index in [0.29, 0.717) is 18.2 Å². The lowest BCUT2D eigenvalue weighted by molar-refractivity contribution is -0.117. The Hall–Kier alpha value is -1.72. The monoisotopic (exact) mass is 275 g/mol. The lowest BCUT2D eigenvalue weighted by atomic mass is 10.1. The summed E-state index contributed by atoms with van der Waals surface area (Å²) < 4.78 is 0. The third kappa shape index (κ3) is 3.88. The molecule has 5 heteroatoms. The molecule has 1 amide bonds. The van der Waals surface area contributed by atoms with Gasteiger partial charge in [-0.3, -0.25) is 14.5 Å². The minimum atomic E-state index is -0.0324. The van der Waals surface area contributed by atoms with Crippen LogP contribution in [0.15, 0.2) is 24.3 Å². The number of benzene rings is 1. The first-order valence-electron chi connectivity index (χ1n) is 6.88. The summed E-state index contributed by atoms with van der Waals surface area (Å²) >= 11 is 0. The highest BCUT2D eigenvalue weighted by Gasteiger charge is 2.20. The summed E-state index contributed by atoms with van der Waals surface area (Å²) in [6, 6.07) is 7.39. The predicted molar refractivity (Wildman–Crippen MR) is 79.0 cm³/mol. The second-order valence-corrected chi connectivity index (χ2v) is 5.24. The fourth-order valence-corrected chi connectivity index (χ4v) is 2.36. The second-order valence-electron chi connectivity index (χ2n) is 5.24. The van der Waals surface area contributed by atoms with Crippen molar-refractivity contribution in [3.63, 3.8) is 0 Å². The van der Waals surface area contributed by atoms with E-state index in [9.17, 15) is 9.59 Å². The van der Waals surface area contributed by atoms with Crippen molar-refractivity contribution < 1.29 is 9.59 Å². The largest absolute Gasteiger partial charge is 0.325 e. The molecule has 108 valence electrons. The molecule has 1 aromatic rings. The molecule has 0 saturated carbocycles. The number of carbonyl (C=O) groups is 2. The molecule has 2 rings (SSSR count). The van der Waals surface area contributed by atoms with Crippen molar-refractivity contribution in [2.75, 3.05) is 32.0 Å². The Balaban J connectivity index is 1.85. The number of nitrogens with zero attached hydrogens (tertiary/aromatic N) is 1. The fourth-order valence-electron chi connectivity index (χ4n) is 2.36. The van der Waals surface area contributed by atoms with Crippen LogP contribution in [0.2, 0.25) is 0 Å². The summed E-state index contributed by atoms with van der Waals surface area (Å²) in [6.07, 6.45) is 1.08. The first kappa shape index (κ1) is 14.7. The van der Waals surface area contributed by atoms with E-state index in [1.165, 1.54) is 6.92 Å². The molecule has 1 fully saturated rings. The van der Waals surface area contributed by atoms with Crippen LogP contribution in [0.25, 0.3) is 0 Å². The van der Waals surface area contributed by atoms with Gasteiger partial charge in [0.25, 0.3) is 0 Å². The van der Waals surface area contributed by atoms with Crippen LogP contribution >= 0.6 is 0 Å². The van der Waals surface area contributed by atoms with Gasteiger partial charge in [0, 0.05) is 23.8 Å². The zero-order chi connectivity index (χ0) is 14.5. The Bertz CT molecular complexity index is 478. The third-order valence-electron chi connectivity index (χ3n) is 3.63. The van der Waals surface area contributed by atoms with Crippen LogP contribution in [0.4, 0.5) is 5.69 Å². The van der Waals surface area contributed by atoms with Gasteiger partial charge < -0.3 is 10.6 Å². The van der Waals surface area contributed by atoms with Crippen molar-refractivity contribution in [2.45, 2.75) is 19.4 Å². The van der Waals surface area contributed by atoms with E-state index in [1.807, 2.05) is 7.05 Å². The molecule has 0 aromatic heterocycles. The van der Waals surface area contributed by atoms with Crippen molar-refractivity contribution in [3.8, 4) is 0 Å². The van der Waals surface area contributed by atoms with E-state index < -0.39 is 0 Å². The molecule has 0 aliphatic carbocycles. The first-order chi connectivity index (χ1) is 9.56. The molecule has 5 nitrogen and oxygen atoms in total. The van der Waals surface area contributed by atoms with Gasteiger partial charge in [-0.2, -0.15) is 0 Å². The van der Waals surface area contributed by atoms with Crippen molar-refractivity contribution in [1.29, 1.82) is 0 Å². The number of amides is 1. The molecule has 0 bridgehead atoms. The first-order valence-corrected chi connectivity index (χ1v) is 6.88. The van der Waals surface area contributed by atoms with Gasteiger partial charge in [0.2, 0.25) is 5.91 Å². The van der Waals surface area contributed by atoms with Crippen molar-refractivity contribution in [3.05, 3.63) is 29.8 Å². The van der Waals surface area contributed by atoms with Crippen LogP contribution in [0.1, 0.15) is 23.7 Å². The molecule has 1 saturated heterocycles. The minimum Gasteiger partial charge on any atom is -0.325 e. The van der Waals surface area contributed by atoms with Crippen molar-refractivity contribution in [1.82, 2.24) is 10.2 Å². The number of anilines is 1. The van der Waals surface area contributed by atoms with Gasteiger partial charge in [-0.1, -0.05) is 0 Å². The van der Waals surface area contributed by atoms with E-state index in [4.69, 9.17) is 0 Å². The highest BCUT2D eigenvalue weighted by Crippen LogP contribution is 2.11. The number of likely N-dealkylation sites (N-methyl/N-ethyl adjacent to an activating group) is 1. The topological polar surface area (TPSA) is 61.4 Å². The van der Waals surface area contributed by atoms with Crippen molar-refractivity contribution in [2.24, 2.45) is 0 Å². The van der Waals surface area contributed by atoms with Crippen LogP contribution in [-0.2, 0) is 4.79 Å². The van der Waals surface area contributed by atoms with Crippen LogP contribution in [-0.4, -0.2) is 49.3 Å². The maximum Gasteiger partial charge on any atom is 0.238 e. The Kier molecular flexibility index (Phi) is 4.87. The molecule has 0 spiro atoms. The molecule has 1 aliphatic heterocycles. The zero-order valence-corrected chi connectivity index (χ0v) is 12.0. The normalized spacial score (nSPS) is 18.2. The maximum absolute atomic E-state index is 12.0. The quantitative estimate of drug-likeness (QED) is 0.791. The average molecular weight is 275 g/mol. The fraction of sp³-hybridized carbons (Fsp3) is 0.467. The second kappa shape index (κ2) is 6.63. The Morgan fingerprint density at radius 3 is 2.60 bits per heavy atom. The average Bonchev–Trinajstić information content (AvgIpc) is 2.93. The number of carbonyl (C=O) groups excluding carboxylic acids is 2. The molecule has 2 N–H and O–H groups in total. The summed E-state index contributed by atoms with van der Waals surface area (Å²) in [4.78, 5) is 25.2. The van der Waals surface area contributed by atoms with Crippen molar-refractivity contribution >= 4 is 17.4 Å². The molecule has 1 heterocycles. The highest BCUT2D eigenvalue weighted by molar-refractivity contribution is 5.96. The van der Waals surface area contributed by atoms with Gasteiger partial charge in [-0.05, 0) is 51.2 Å². The number of hydrogen-bond donors (Lipinski definition) is 2. The molecule has 20 heavy (non-hydrogen) atoms. The van der Waals surface area contributed by atoms with Gasteiger partial charge in [0.15, 0.2) is 5.78 Å². The van der Waals surface area contributed by atoms with E-state index in [0.717, 1.165) is 25.2 Å². The molecule has 1 aliphatic rings. The molecule has 0 radical (unpaired) electrons. The van der Waals surface area contributed by atoms with E-state index in [1.54, 1.807) is 24.3 Å². The van der Waals surface area contributed by atoms with Crippen LogP contribution in [0.3, 0.4) is 0 Å². The number of ketones is 1. The Morgan fingerprint density at radius 2 is 2.05 bits per heavy atom. The predicted octanol–water partition coefficient (Wildman–Crippen LogP) is 1.12. The molecule has 1 aromatic carbocycles.